The van der Waals surface area contributed by atoms with Crippen LogP contribution in [0.4, 0.5) is 4.79 Å². The summed E-state index contributed by atoms with van der Waals surface area (Å²) in [5.41, 5.74) is -0.570. The lowest BCUT2D eigenvalue weighted by Crippen LogP contribution is -2.53. The van der Waals surface area contributed by atoms with Crippen molar-refractivity contribution in [2.45, 2.75) is 45.1 Å². The number of Topliss-reactive ketones (excluding diaryl/α,β-unsaturated/α-hetero) is 2. The Labute approximate surface area is 197 Å². The Morgan fingerprint density at radius 2 is 1.53 bits per heavy atom. The molecule has 2 aliphatic rings. The van der Waals surface area contributed by atoms with Gasteiger partial charge < -0.3 is 14.8 Å². The molecule has 0 unspecified atom stereocenters. The average molecular weight is 459 g/mol. The highest BCUT2D eigenvalue weighted by molar-refractivity contribution is 6.36. The Kier molecular flexibility index (Phi) is 6.20. The van der Waals surface area contributed by atoms with Gasteiger partial charge in [-0.15, -0.1) is 0 Å². The second kappa shape index (κ2) is 9.09. The predicted octanol–water partition coefficient (Wildman–Crippen LogP) is 4.52. The Morgan fingerprint density at radius 1 is 0.912 bits per heavy atom. The van der Waals surface area contributed by atoms with Crippen LogP contribution in [-0.4, -0.2) is 23.6 Å². The first-order chi connectivity index (χ1) is 16.2. The minimum absolute atomic E-state index is 0.0255. The summed E-state index contributed by atoms with van der Waals surface area (Å²) in [5, 5.41) is 2.59. The molecule has 7 nitrogen and oxygen atoms in total. The van der Waals surface area contributed by atoms with Gasteiger partial charge >= 0.3 is 6.16 Å². The van der Waals surface area contributed by atoms with E-state index in [1.54, 1.807) is 60.7 Å². The number of ether oxygens (including phenoxy) is 2. The van der Waals surface area contributed by atoms with Gasteiger partial charge in [0, 0.05) is 23.6 Å². The summed E-state index contributed by atoms with van der Waals surface area (Å²) in [6.07, 6.45) is 3.64. The van der Waals surface area contributed by atoms with E-state index in [1.807, 2.05) is 13.8 Å². The Bertz CT molecular complexity index is 1210. The van der Waals surface area contributed by atoms with E-state index in [-0.39, 0.29) is 34.1 Å². The number of benzene rings is 2. The summed E-state index contributed by atoms with van der Waals surface area (Å²) < 4.78 is 10.8. The van der Waals surface area contributed by atoms with Gasteiger partial charge in [-0.3, -0.25) is 14.4 Å². The number of amides is 1. The minimum atomic E-state index is -2.02. The third-order valence-corrected chi connectivity index (χ3v) is 5.90. The zero-order chi connectivity index (χ0) is 24.5. The normalized spacial score (nSPS) is 16.5. The van der Waals surface area contributed by atoms with Crippen LogP contribution in [-0.2, 0) is 19.9 Å². The van der Waals surface area contributed by atoms with Crippen molar-refractivity contribution in [1.82, 2.24) is 5.32 Å². The molecule has 1 N–H and O–H groups in total. The van der Waals surface area contributed by atoms with Gasteiger partial charge in [0.1, 0.15) is 11.5 Å². The van der Waals surface area contributed by atoms with Crippen molar-refractivity contribution in [2.24, 2.45) is 0 Å². The van der Waals surface area contributed by atoms with Crippen LogP contribution in [0.5, 0.6) is 11.5 Å². The van der Waals surface area contributed by atoms with Crippen LogP contribution >= 0.6 is 0 Å². The van der Waals surface area contributed by atoms with Gasteiger partial charge in [0.05, 0.1) is 0 Å². The van der Waals surface area contributed by atoms with Gasteiger partial charge in [-0.2, -0.15) is 0 Å². The second-order valence-electron chi connectivity index (χ2n) is 8.58. The van der Waals surface area contributed by atoms with E-state index in [0.717, 1.165) is 5.56 Å². The molecule has 34 heavy (non-hydrogen) atoms. The van der Waals surface area contributed by atoms with Crippen LogP contribution in [0.1, 0.15) is 50.7 Å². The molecule has 4 rings (SSSR count). The molecule has 0 heterocycles. The van der Waals surface area contributed by atoms with Crippen LogP contribution in [0.25, 0.3) is 0 Å². The molecule has 0 atom stereocenters. The predicted molar refractivity (Wildman–Crippen MR) is 125 cm³/mol. The second-order valence-corrected chi connectivity index (χ2v) is 8.58. The van der Waals surface area contributed by atoms with Gasteiger partial charge in [-0.05, 0) is 42.5 Å². The molecule has 2 aromatic carbocycles. The van der Waals surface area contributed by atoms with E-state index < -0.39 is 29.2 Å². The average Bonchev–Trinajstić information content (AvgIpc) is 3.02. The van der Waals surface area contributed by atoms with Crippen molar-refractivity contribution in [3.8, 4) is 11.5 Å². The molecule has 0 spiro atoms. The number of carbonyl (C=O) groups is 4. The lowest BCUT2D eigenvalue weighted by molar-refractivity contribution is -0.135. The van der Waals surface area contributed by atoms with Crippen LogP contribution in [0.3, 0.4) is 0 Å². The maximum absolute atomic E-state index is 13.6. The molecule has 0 bridgehead atoms. The zero-order valence-electron chi connectivity index (χ0n) is 19.2. The van der Waals surface area contributed by atoms with Gasteiger partial charge in [0.2, 0.25) is 17.5 Å². The highest BCUT2D eigenvalue weighted by atomic mass is 16.7. The molecule has 0 aliphatic heterocycles. The van der Waals surface area contributed by atoms with Crippen LogP contribution in [0, 0.1) is 0 Å². The lowest BCUT2D eigenvalue weighted by Gasteiger charge is -2.28. The van der Waals surface area contributed by atoms with Crippen LogP contribution < -0.4 is 14.8 Å². The van der Waals surface area contributed by atoms with E-state index in [9.17, 15) is 19.2 Å². The van der Waals surface area contributed by atoms with Crippen molar-refractivity contribution in [3.63, 3.8) is 0 Å². The maximum atomic E-state index is 13.6. The number of ketones is 2. The van der Waals surface area contributed by atoms with Gasteiger partial charge in [0.25, 0.3) is 0 Å². The zero-order valence-corrected chi connectivity index (χ0v) is 19.2. The molecule has 2 aliphatic carbocycles. The largest absolute Gasteiger partial charge is 0.519 e. The van der Waals surface area contributed by atoms with E-state index in [1.165, 1.54) is 6.92 Å². The van der Waals surface area contributed by atoms with Crippen LogP contribution in [0.2, 0.25) is 0 Å². The summed E-state index contributed by atoms with van der Waals surface area (Å²) in [6.45, 7) is 5.15. The topological polar surface area (TPSA) is 98.8 Å². The van der Waals surface area contributed by atoms with Crippen molar-refractivity contribution in [3.05, 3.63) is 83.0 Å². The Morgan fingerprint density at radius 3 is 2.09 bits per heavy atom. The summed E-state index contributed by atoms with van der Waals surface area (Å²) in [4.78, 5) is 52.2. The smallest absolute Gasteiger partial charge is 0.395 e. The highest BCUT2D eigenvalue weighted by Gasteiger charge is 2.58. The molecule has 1 saturated carbocycles. The summed E-state index contributed by atoms with van der Waals surface area (Å²) in [7, 11) is 0. The number of carbonyl (C=O) groups excluding carboxylic acids is 4. The fourth-order valence-electron chi connectivity index (χ4n) is 4.29. The van der Waals surface area contributed by atoms with Gasteiger partial charge in [0.15, 0.2) is 5.54 Å². The number of para-hydroxylation sites is 1. The van der Waals surface area contributed by atoms with Gasteiger partial charge in [-0.1, -0.05) is 56.3 Å². The summed E-state index contributed by atoms with van der Waals surface area (Å²) in [5.74, 6) is -1.33. The molecule has 2 aromatic rings. The monoisotopic (exact) mass is 459 g/mol. The van der Waals surface area contributed by atoms with E-state index >= 15 is 0 Å². The third kappa shape index (κ3) is 4.05. The first kappa shape index (κ1) is 23.2. The van der Waals surface area contributed by atoms with E-state index in [0.29, 0.717) is 12.8 Å². The Balaban J connectivity index is 1.84. The van der Waals surface area contributed by atoms with E-state index in [2.05, 4.69) is 5.32 Å². The fourth-order valence-corrected chi connectivity index (χ4v) is 4.29. The molecule has 0 radical (unpaired) electrons. The summed E-state index contributed by atoms with van der Waals surface area (Å²) in [6, 6.07) is 13.3. The summed E-state index contributed by atoms with van der Waals surface area (Å²) >= 11 is 0. The quantitative estimate of drug-likeness (QED) is 0.401. The van der Waals surface area contributed by atoms with Crippen molar-refractivity contribution < 1.29 is 28.7 Å². The highest BCUT2D eigenvalue weighted by Crippen LogP contribution is 2.45. The van der Waals surface area contributed by atoms with Crippen LogP contribution in [0.15, 0.2) is 71.8 Å². The van der Waals surface area contributed by atoms with Crippen molar-refractivity contribution >= 4 is 23.6 Å². The number of hydrogen-bond donors (Lipinski definition) is 1. The molecular weight excluding hydrogens is 434 g/mol. The molecule has 7 heteroatoms. The van der Waals surface area contributed by atoms with Crippen molar-refractivity contribution in [2.75, 3.05) is 0 Å². The number of hydrogen-bond acceptors (Lipinski definition) is 6. The number of fused-ring (bicyclic) bond motifs is 1. The van der Waals surface area contributed by atoms with E-state index in [4.69, 9.17) is 9.47 Å². The molecular formula is C27H25NO6. The minimum Gasteiger partial charge on any atom is -0.395 e. The Hall–Kier alpha value is -4.00. The number of rotatable bonds is 5. The molecule has 1 fully saturated rings. The third-order valence-electron chi connectivity index (χ3n) is 5.90. The molecule has 0 aromatic heterocycles. The first-order valence-corrected chi connectivity index (χ1v) is 11.1. The SMILES string of the molecule is CC(=O)NC1(c2ccc(C(C)C)cc2OC(=O)Oc2ccccc2)C(=O)C2=CCCC=C2C1=O. The number of allylic oxidation sites excluding steroid dienone is 2. The van der Waals surface area contributed by atoms with Crippen molar-refractivity contribution in [1.29, 1.82) is 0 Å². The standard InChI is InChI=1S/C27H25NO6/c1-16(2)18-13-14-22(23(15-18)34-26(32)33-19-9-5-4-6-10-19)27(28-17(3)29)24(30)20-11-7-8-12-21(20)25(27)31/h4-6,9-16H,7-8H2,1-3H3,(H,28,29). The fraction of sp³-hybridized carbons (Fsp3) is 0.259. The molecule has 174 valence electrons. The maximum Gasteiger partial charge on any atom is 0.519 e. The molecule has 1 amide bonds. The number of nitrogens with one attached hydrogen (secondary N) is 1. The lowest BCUT2D eigenvalue weighted by atomic mass is 9.83. The molecule has 0 saturated heterocycles. The first-order valence-electron chi connectivity index (χ1n) is 11.1. The van der Waals surface area contributed by atoms with Gasteiger partial charge in [-0.25, -0.2) is 4.79 Å².